The maximum atomic E-state index is 12.1. The van der Waals surface area contributed by atoms with Crippen molar-refractivity contribution in [3.05, 3.63) is 0 Å². The van der Waals surface area contributed by atoms with Gasteiger partial charge in [0.2, 0.25) is 5.91 Å². The maximum absolute atomic E-state index is 12.1. The van der Waals surface area contributed by atoms with Gasteiger partial charge in [0.25, 0.3) is 0 Å². The number of carbonyl (C=O) groups is 1. The normalized spacial score (nSPS) is 35.7. The molecule has 0 aromatic heterocycles. The molecular formula is C11H20N2O2. The largest absolute Gasteiger partial charge is 0.378 e. The lowest BCUT2D eigenvalue weighted by molar-refractivity contribution is -0.135. The summed E-state index contributed by atoms with van der Waals surface area (Å²) < 4.78 is 5.44. The van der Waals surface area contributed by atoms with E-state index >= 15 is 0 Å². The minimum Gasteiger partial charge on any atom is -0.378 e. The van der Waals surface area contributed by atoms with E-state index in [9.17, 15) is 4.79 Å². The first-order valence-electron chi connectivity index (χ1n) is 5.77. The van der Waals surface area contributed by atoms with Crippen LogP contribution >= 0.6 is 0 Å². The van der Waals surface area contributed by atoms with Crippen LogP contribution in [0, 0.1) is 5.92 Å². The van der Waals surface area contributed by atoms with E-state index < -0.39 is 0 Å². The molecule has 3 atom stereocenters. The molecule has 1 amide bonds. The van der Waals surface area contributed by atoms with Crippen LogP contribution in [0.3, 0.4) is 0 Å². The number of likely N-dealkylation sites (N-methyl/N-ethyl adjacent to an activating group) is 1. The van der Waals surface area contributed by atoms with Gasteiger partial charge in [-0.25, -0.2) is 0 Å². The molecule has 0 aliphatic carbocycles. The highest BCUT2D eigenvalue weighted by Crippen LogP contribution is 2.22. The Kier molecular flexibility index (Phi) is 3.26. The van der Waals surface area contributed by atoms with Gasteiger partial charge in [-0.15, -0.1) is 0 Å². The van der Waals surface area contributed by atoms with Gasteiger partial charge in [0.05, 0.1) is 18.6 Å². The van der Waals surface area contributed by atoms with Crippen molar-refractivity contribution in [1.82, 2.24) is 10.2 Å². The molecule has 4 heteroatoms. The lowest BCUT2D eigenvalue weighted by Gasteiger charge is -2.26. The molecule has 4 nitrogen and oxygen atoms in total. The Hall–Kier alpha value is -0.610. The monoisotopic (exact) mass is 212 g/mol. The van der Waals surface area contributed by atoms with E-state index in [0.29, 0.717) is 12.6 Å². The fraction of sp³-hybridized carbons (Fsp3) is 0.909. The number of amides is 1. The Morgan fingerprint density at radius 3 is 2.87 bits per heavy atom. The van der Waals surface area contributed by atoms with Crippen molar-refractivity contribution in [2.75, 3.05) is 26.7 Å². The van der Waals surface area contributed by atoms with Crippen LogP contribution in [0.2, 0.25) is 0 Å². The Morgan fingerprint density at radius 2 is 2.33 bits per heavy atom. The van der Waals surface area contributed by atoms with Gasteiger partial charge in [0.15, 0.2) is 0 Å². The molecule has 0 spiro atoms. The summed E-state index contributed by atoms with van der Waals surface area (Å²) in [6, 6.07) is 0.383. The highest BCUT2D eigenvalue weighted by atomic mass is 16.5. The molecule has 86 valence electrons. The van der Waals surface area contributed by atoms with Crippen molar-refractivity contribution in [3.63, 3.8) is 0 Å². The van der Waals surface area contributed by atoms with Gasteiger partial charge in [-0.05, 0) is 26.3 Å². The van der Waals surface area contributed by atoms with Gasteiger partial charge in [0.1, 0.15) is 0 Å². The first kappa shape index (κ1) is 10.9. The predicted molar refractivity (Wildman–Crippen MR) is 57.6 cm³/mol. The molecule has 1 N–H and O–H groups in total. The van der Waals surface area contributed by atoms with Gasteiger partial charge in [0, 0.05) is 19.6 Å². The molecule has 0 saturated carbocycles. The van der Waals surface area contributed by atoms with Gasteiger partial charge in [-0.2, -0.15) is 0 Å². The second-order valence-electron chi connectivity index (χ2n) is 4.67. The smallest absolute Gasteiger partial charge is 0.228 e. The third kappa shape index (κ3) is 2.32. The zero-order valence-corrected chi connectivity index (χ0v) is 9.53. The van der Waals surface area contributed by atoms with Crippen LogP contribution < -0.4 is 5.32 Å². The number of hydrogen-bond donors (Lipinski definition) is 1. The predicted octanol–water partition coefficient (Wildman–Crippen LogP) is 0.232. The van der Waals surface area contributed by atoms with Crippen LogP contribution in [0.4, 0.5) is 0 Å². The zero-order valence-electron chi connectivity index (χ0n) is 9.53. The van der Waals surface area contributed by atoms with Gasteiger partial charge < -0.3 is 15.0 Å². The SMILES string of the molecule is CC1CC(C(=O)N(C)C2CCNC2)CO1. The standard InChI is InChI=1S/C11H20N2O2/c1-8-5-9(7-15-8)11(14)13(2)10-3-4-12-6-10/h8-10,12H,3-7H2,1-2H3. The van der Waals surface area contributed by atoms with Crippen molar-refractivity contribution >= 4 is 5.91 Å². The average Bonchev–Trinajstić information content (AvgIpc) is 2.85. The molecule has 0 aromatic rings. The molecule has 2 aliphatic rings. The third-order valence-electron chi connectivity index (χ3n) is 3.48. The first-order chi connectivity index (χ1) is 7.18. The quantitative estimate of drug-likeness (QED) is 0.712. The summed E-state index contributed by atoms with van der Waals surface area (Å²) in [5, 5.41) is 3.28. The first-order valence-corrected chi connectivity index (χ1v) is 5.77. The lowest BCUT2D eigenvalue weighted by Crippen LogP contribution is -2.42. The maximum Gasteiger partial charge on any atom is 0.228 e. The van der Waals surface area contributed by atoms with Crippen LogP contribution in [-0.2, 0) is 9.53 Å². The van der Waals surface area contributed by atoms with Crippen LogP contribution in [0.5, 0.6) is 0 Å². The fourth-order valence-corrected chi connectivity index (χ4v) is 2.43. The van der Waals surface area contributed by atoms with Crippen molar-refractivity contribution in [1.29, 1.82) is 0 Å². The number of hydrogen-bond acceptors (Lipinski definition) is 3. The molecule has 2 heterocycles. The Morgan fingerprint density at radius 1 is 1.53 bits per heavy atom. The summed E-state index contributed by atoms with van der Waals surface area (Å²) in [5.74, 6) is 0.346. The molecular weight excluding hydrogens is 192 g/mol. The number of rotatable bonds is 2. The molecule has 2 fully saturated rings. The fourth-order valence-electron chi connectivity index (χ4n) is 2.43. The molecule has 2 rings (SSSR count). The van der Waals surface area contributed by atoms with Crippen molar-refractivity contribution in [2.45, 2.75) is 31.9 Å². The highest BCUT2D eigenvalue weighted by molar-refractivity contribution is 5.79. The van der Waals surface area contributed by atoms with E-state index in [-0.39, 0.29) is 17.9 Å². The summed E-state index contributed by atoms with van der Waals surface area (Å²) in [6.07, 6.45) is 2.20. The van der Waals surface area contributed by atoms with Gasteiger partial charge in [-0.1, -0.05) is 0 Å². The van der Waals surface area contributed by atoms with E-state index in [4.69, 9.17) is 4.74 Å². The number of carbonyl (C=O) groups excluding carboxylic acids is 1. The molecule has 2 saturated heterocycles. The van der Waals surface area contributed by atoms with Crippen LogP contribution in [0.25, 0.3) is 0 Å². The minimum absolute atomic E-state index is 0.0885. The number of nitrogens with one attached hydrogen (secondary N) is 1. The molecule has 2 aliphatic heterocycles. The number of nitrogens with zero attached hydrogens (tertiary/aromatic N) is 1. The van der Waals surface area contributed by atoms with E-state index in [1.807, 2.05) is 18.9 Å². The Labute approximate surface area is 91.0 Å². The second kappa shape index (κ2) is 4.49. The van der Waals surface area contributed by atoms with Crippen molar-refractivity contribution in [2.24, 2.45) is 5.92 Å². The molecule has 0 bridgehead atoms. The van der Waals surface area contributed by atoms with E-state index in [1.54, 1.807) is 0 Å². The van der Waals surface area contributed by atoms with Crippen LogP contribution in [0.15, 0.2) is 0 Å². The lowest BCUT2D eigenvalue weighted by atomic mass is 10.0. The van der Waals surface area contributed by atoms with E-state index in [2.05, 4.69) is 5.32 Å². The van der Waals surface area contributed by atoms with Crippen LogP contribution in [-0.4, -0.2) is 49.7 Å². The third-order valence-corrected chi connectivity index (χ3v) is 3.48. The molecule has 0 aromatic carbocycles. The van der Waals surface area contributed by atoms with Crippen molar-refractivity contribution in [3.8, 4) is 0 Å². The van der Waals surface area contributed by atoms with Crippen LogP contribution in [0.1, 0.15) is 19.8 Å². The highest BCUT2D eigenvalue weighted by Gasteiger charge is 2.33. The summed E-state index contributed by atoms with van der Waals surface area (Å²) in [4.78, 5) is 14.0. The topological polar surface area (TPSA) is 41.6 Å². The summed E-state index contributed by atoms with van der Waals surface area (Å²) in [6.45, 7) is 4.60. The van der Waals surface area contributed by atoms with E-state index in [0.717, 1.165) is 25.9 Å². The summed E-state index contributed by atoms with van der Waals surface area (Å²) in [5.41, 5.74) is 0. The zero-order chi connectivity index (χ0) is 10.8. The summed E-state index contributed by atoms with van der Waals surface area (Å²) >= 11 is 0. The Balaban J connectivity index is 1.89. The average molecular weight is 212 g/mol. The van der Waals surface area contributed by atoms with Gasteiger partial charge in [-0.3, -0.25) is 4.79 Å². The Bertz CT molecular complexity index is 239. The molecule has 3 unspecified atom stereocenters. The molecule has 0 radical (unpaired) electrons. The minimum atomic E-state index is 0.0885. The second-order valence-corrected chi connectivity index (χ2v) is 4.67. The summed E-state index contributed by atoms with van der Waals surface area (Å²) in [7, 11) is 1.92. The number of ether oxygens (including phenoxy) is 1. The van der Waals surface area contributed by atoms with E-state index in [1.165, 1.54) is 0 Å². The van der Waals surface area contributed by atoms with Gasteiger partial charge >= 0.3 is 0 Å². The van der Waals surface area contributed by atoms with Crippen molar-refractivity contribution < 1.29 is 9.53 Å². The molecule has 15 heavy (non-hydrogen) atoms.